The summed E-state index contributed by atoms with van der Waals surface area (Å²) >= 11 is 6.82. The molecule has 1 unspecified atom stereocenters. The lowest BCUT2D eigenvalue weighted by Gasteiger charge is -2.02. The van der Waals surface area contributed by atoms with Gasteiger partial charge in [0.15, 0.2) is 10.8 Å². The first kappa shape index (κ1) is 13.8. The molecule has 0 aromatic carbocycles. The first-order chi connectivity index (χ1) is 9.08. The summed E-state index contributed by atoms with van der Waals surface area (Å²) in [6.07, 6.45) is 2.60. The zero-order valence-corrected chi connectivity index (χ0v) is 11.5. The Morgan fingerprint density at radius 1 is 1.58 bits per heavy atom. The number of halogens is 2. The number of nitrogens with one attached hydrogen (secondary N) is 1. The average molecular weight is 301 g/mol. The van der Waals surface area contributed by atoms with Crippen molar-refractivity contribution < 1.29 is 9.18 Å². The molecule has 100 valence electrons. The van der Waals surface area contributed by atoms with Crippen LogP contribution in [0.15, 0.2) is 18.5 Å². The Bertz CT molecular complexity index is 590. The predicted octanol–water partition coefficient (Wildman–Crippen LogP) is 1.98. The van der Waals surface area contributed by atoms with E-state index in [4.69, 9.17) is 11.6 Å². The largest absolute Gasteiger partial charge is 0.348 e. The second-order valence-electron chi connectivity index (χ2n) is 3.69. The maximum Gasteiger partial charge on any atom is 0.238 e. The summed E-state index contributed by atoms with van der Waals surface area (Å²) in [5.74, 6) is -0.739. The predicted molar refractivity (Wildman–Crippen MR) is 70.3 cm³/mol. The Hall–Kier alpha value is -1.60. The minimum atomic E-state index is -0.606. The summed E-state index contributed by atoms with van der Waals surface area (Å²) in [4.78, 5) is 15.0. The summed E-state index contributed by atoms with van der Waals surface area (Å²) in [6.45, 7) is 1.80. The second-order valence-corrected chi connectivity index (χ2v) is 5.41. The molecule has 0 aliphatic rings. The van der Waals surface area contributed by atoms with Crippen LogP contribution in [0.2, 0.25) is 0 Å². The molecule has 19 heavy (non-hydrogen) atoms. The van der Waals surface area contributed by atoms with Crippen LogP contribution in [0.3, 0.4) is 0 Å². The van der Waals surface area contributed by atoms with Crippen LogP contribution in [-0.2, 0) is 11.3 Å². The van der Waals surface area contributed by atoms with E-state index in [2.05, 4.69) is 20.5 Å². The number of rotatable bonds is 4. The van der Waals surface area contributed by atoms with E-state index in [0.29, 0.717) is 15.6 Å². The van der Waals surface area contributed by atoms with Gasteiger partial charge in [0.1, 0.15) is 10.4 Å². The van der Waals surface area contributed by atoms with Crippen molar-refractivity contribution >= 4 is 28.8 Å². The molecule has 2 aromatic rings. The lowest BCUT2D eigenvalue weighted by atomic mass is 10.3. The molecule has 0 aliphatic carbocycles. The smallest absolute Gasteiger partial charge is 0.238 e. The minimum absolute atomic E-state index is 0.222. The third-order valence-electron chi connectivity index (χ3n) is 2.24. The van der Waals surface area contributed by atoms with Crippen LogP contribution in [-0.4, -0.2) is 26.5 Å². The van der Waals surface area contributed by atoms with Gasteiger partial charge in [0.2, 0.25) is 5.91 Å². The molecule has 8 heteroatoms. The van der Waals surface area contributed by atoms with Crippen LogP contribution in [0, 0.1) is 5.82 Å². The maximum absolute atomic E-state index is 13.5. The van der Waals surface area contributed by atoms with Gasteiger partial charge in [-0.2, -0.15) is 0 Å². The fourth-order valence-electron chi connectivity index (χ4n) is 1.29. The zero-order chi connectivity index (χ0) is 13.8. The number of amides is 1. The molecule has 2 heterocycles. The first-order valence-electron chi connectivity index (χ1n) is 5.42. The van der Waals surface area contributed by atoms with Crippen molar-refractivity contribution in [1.82, 2.24) is 20.5 Å². The zero-order valence-electron chi connectivity index (χ0n) is 9.93. The van der Waals surface area contributed by atoms with Crippen molar-refractivity contribution in [2.45, 2.75) is 18.8 Å². The summed E-state index contributed by atoms with van der Waals surface area (Å²) in [5, 5.41) is 10.8. The molecule has 0 aliphatic heterocycles. The van der Waals surface area contributed by atoms with Crippen molar-refractivity contribution in [3.8, 4) is 10.6 Å². The number of pyridine rings is 1. The number of hydrogen-bond acceptors (Lipinski definition) is 5. The van der Waals surface area contributed by atoms with Crippen LogP contribution in [0.5, 0.6) is 0 Å². The van der Waals surface area contributed by atoms with E-state index in [1.807, 2.05) is 0 Å². The molecule has 0 fully saturated rings. The van der Waals surface area contributed by atoms with Crippen LogP contribution in [0.4, 0.5) is 4.39 Å². The van der Waals surface area contributed by atoms with Gasteiger partial charge in [-0.1, -0.05) is 11.3 Å². The lowest BCUT2D eigenvalue weighted by Crippen LogP contribution is -2.28. The molecule has 5 nitrogen and oxygen atoms in total. The Labute approximate surface area is 117 Å². The summed E-state index contributed by atoms with van der Waals surface area (Å²) in [5.41, 5.74) is 0.343. The van der Waals surface area contributed by atoms with E-state index >= 15 is 0 Å². The Kier molecular flexibility index (Phi) is 4.39. The molecule has 2 aromatic heterocycles. The van der Waals surface area contributed by atoms with Gasteiger partial charge in [-0.3, -0.25) is 9.78 Å². The fourth-order valence-corrected chi connectivity index (χ4v) is 2.17. The molecule has 0 spiro atoms. The molecule has 1 amide bonds. The lowest BCUT2D eigenvalue weighted by molar-refractivity contribution is -0.120. The molecule has 0 bridgehead atoms. The Balaban J connectivity index is 2.08. The van der Waals surface area contributed by atoms with Crippen LogP contribution >= 0.6 is 22.9 Å². The highest BCUT2D eigenvalue weighted by Gasteiger charge is 2.13. The molecular weight excluding hydrogens is 291 g/mol. The van der Waals surface area contributed by atoms with E-state index in [1.54, 1.807) is 6.92 Å². The first-order valence-corrected chi connectivity index (χ1v) is 6.67. The quantitative estimate of drug-likeness (QED) is 0.877. The molecule has 1 N–H and O–H groups in total. The van der Waals surface area contributed by atoms with Crippen molar-refractivity contribution in [3.05, 3.63) is 29.3 Å². The molecule has 0 saturated heterocycles. The molecule has 0 radical (unpaired) electrons. The standard InChI is InChI=1S/C11H10ClFN4OS/c1-6(12)10(18)15-5-9-16-17-11(19-9)7-2-3-14-4-8(7)13/h2-4,6H,5H2,1H3,(H,15,18). The molecule has 1 atom stereocenters. The van der Waals surface area contributed by atoms with Crippen molar-refractivity contribution in [1.29, 1.82) is 0 Å². The fraction of sp³-hybridized carbons (Fsp3) is 0.273. The summed E-state index contributed by atoms with van der Waals surface area (Å²) in [6, 6.07) is 1.53. The van der Waals surface area contributed by atoms with E-state index in [1.165, 1.54) is 23.6 Å². The van der Waals surface area contributed by atoms with Crippen LogP contribution < -0.4 is 5.32 Å². The van der Waals surface area contributed by atoms with Gasteiger partial charge in [0, 0.05) is 6.20 Å². The van der Waals surface area contributed by atoms with Gasteiger partial charge in [-0.15, -0.1) is 21.8 Å². The SMILES string of the molecule is CC(Cl)C(=O)NCc1nnc(-c2ccncc2F)s1. The van der Waals surface area contributed by atoms with Crippen LogP contribution in [0.25, 0.3) is 10.6 Å². The van der Waals surface area contributed by atoms with Gasteiger partial charge in [0.25, 0.3) is 0 Å². The number of carbonyl (C=O) groups is 1. The third kappa shape index (κ3) is 3.45. The normalized spacial score (nSPS) is 12.2. The Morgan fingerprint density at radius 2 is 2.37 bits per heavy atom. The average Bonchev–Trinajstić information content (AvgIpc) is 2.85. The molecular formula is C11H10ClFN4OS. The van der Waals surface area contributed by atoms with Gasteiger partial charge in [0.05, 0.1) is 18.3 Å². The van der Waals surface area contributed by atoms with E-state index in [-0.39, 0.29) is 12.5 Å². The van der Waals surface area contributed by atoms with E-state index in [0.717, 1.165) is 6.20 Å². The van der Waals surface area contributed by atoms with E-state index < -0.39 is 11.2 Å². The second kappa shape index (κ2) is 6.03. The topological polar surface area (TPSA) is 67.8 Å². The minimum Gasteiger partial charge on any atom is -0.348 e. The summed E-state index contributed by atoms with van der Waals surface area (Å²) < 4.78 is 13.5. The van der Waals surface area contributed by atoms with Gasteiger partial charge in [-0.25, -0.2) is 4.39 Å². The van der Waals surface area contributed by atoms with Crippen molar-refractivity contribution in [3.63, 3.8) is 0 Å². The van der Waals surface area contributed by atoms with Crippen LogP contribution in [0.1, 0.15) is 11.9 Å². The summed E-state index contributed by atoms with van der Waals surface area (Å²) in [7, 11) is 0. The number of carbonyl (C=O) groups excluding carboxylic acids is 1. The molecule has 2 rings (SSSR count). The number of alkyl halides is 1. The number of nitrogens with zero attached hydrogens (tertiary/aromatic N) is 3. The van der Waals surface area contributed by atoms with Gasteiger partial charge in [-0.05, 0) is 13.0 Å². The highest BCUT2D eigenvalue weighted by atomic mass is 35.5. The van der Waals surface area contributed by atoms with Gasteiger partial charge >= 0.3 is 0 Å². The maximum atomic E-state index is 13.5. The van der Waals surface area contributed by atoms with E-state index in [9.17, 15) is 9.18 Å². The highest BCUT2D eigenvalue weighted by molar-refractivity contribution is 7.14. The van der Waals surface area contributed by atoms with Gasteiger partial charge < -0.3 is 5.32 Å². The number of aromatic nitrogens is 3. The monoisotopic (exact) mass is 300 g/mol. The van der Waals surface area contributed by atoms with Crippen molar-refractivity contribution in [2.24, 2.45) is 0 Å². The highest BCUT2D eigenvalue weighted by Crippen LogP contribution is 2.25. The third-order valence-corrected chi connectivity index (χ3v) is 3.40. The Morgan fingerprint density at radius 3 is 3.05 bits per heavy atom. The van der Waals surface area contributed by atoms with Crippen molar-refractivity contribution in [2.75, 3.05) is 0 Å². The molecule has 0 saturated carbocycles. The number of hydrogen-bond donors (Lipinski definition) is 1.